The van der Waals surface area contributed by atoms with Crippen LogP contribution in [-0.2, 0) is 9.59 Å². The molecule has 0 saturated carbocycles. The summed E-state index contributed by atoms with van der Waals surface area (Å²) in [5.41, 5.74) is -0.990. The lowest BCUT2D eigenvalue weighted by atomic mass is 9.89. The van der Waals surface area contributed by atoms with Gasteiger partial charge in [0.2, 0.25) is 0 Å². The molecule has 23 heavy (non-hydrogen) atoms. The highest BCUT2D eigenvalue weighted by atomic mass is 16.6. The van der Waals surface area contributed by atoms with Crippen LogP contribution in [0, 0.1) is 20.2 Å². The van der Waals surface area contributed by atoms with Crippen LogP contribution >= 0.6 is 0 Å². The highest BCUT2D eigenvalue weighted by molar-refractivity contribution is 6.28. The number of hydrogen-bond acceptors (Lipinski definition) is 6. The fourth-order valence-electron chi connectivity index (χ4n) is 2.57. The van der Waals surface area contributed by atoms with Gasteiger partial charge in [0.25, 0.3) is 11.5 Å². The zero-order valence-electron chi connectivity index (χ0n) is 11.2. The number of carboxylic acid groups (broad SMARTS) is 1. The number of nitro groups is 2. The Balaban J connectivity index is 2.30. The Hall–Kier alpha value is -3.62. The molecule has 0 fully saturated rings. The van der Waals surface area contributed by atoms with Crippen LogP contribution in [0.15, 0.2) is 41.1 Å². The number of allylic oxidation sites excluding steroid dienone is 2. The normalized spacial score (nSPS) is 15.6. The number of carbonyl (C=O) groups excluding carboxylic acids is 1. The number of carbonyl (C=O) groups is 2. The van der Waals surface area contributed by atoms with E-state index in [1.807, 2.05) is 0 Å². The number of Topliss-reactive ketones (excluding diaryl/α,β-unsaturated/α-hetero) is 1. The van der Waals surface area contributed by atoms with Gasteiger partial charge in [0.1, 0.15) is 0 Å². The summed E-state index contributed by atoms with van der Waals surface area (Å²) in [6.07, 6.45) is 1.95. The average Bonchev–Trinajstić information content (AvgIpc) is 2.86. The van der Waals surface area contributed by atoms with Crippen LogP contribution in [0.25, 0.3) is 11.6 Å². The summed E-state index contributed by atoms with van der Waals surface area (Å²) in [6.45, 7) is 0. The Morgan fingerprint density at radius 1 is 1.09 bits per heavy atom. The lowest BCUT2D eigenvalue weighted by Crippen LogP contribution is -2.20. The van der Waals surface area contributed by atoms with E-state index < -0.39 is 32.9 Å². The maximum absolute atomic E-state index is 12.2. The van der Waals surface area contributed by atoms with E-state index in [1.54, 1.807) is 0 Å². The SMILES string of the molecule is O=C(O)C1=C2C(=Cc3cc([N+](=O)[O-])ccc32)C(=O)C([N+](=O)[O-])=C1. The van der Waals surface area contributed by atoms with Crippen LogP contribution in [0.1, 0.15) is 11.1 Å². The van der Waals surface area contributed by atoms with Gasteiger partial charge in [-0.3, -0.25) is 25.0 Å². The predicted octanol–water partition coefficient (Wildman–Crippen LogP) is 1.57. The first kappa shape index (κ1) is 14.3. The number of ketones is 1. The van der Waals surface area contributed by atoms with Crippen molar-refractivity contribution in [1.29, 1.82) is 0 Å². The summed E-state index contributed by atoms with van der Waals surface area (Å²) < 4.78 is 0. The molecule has 0 aliphatic heterocycles. The number of hydrogen-bond donors (Lipinski definition) is 1. The minimum absolute atomic E-state index is 0.0398. The zero-order chi connectivity index (χ0) is 16.9. The number of nitrogens with zero attached hydrogens (tertiary/aromatic N) is 2. The van der Waals surface area contributed by atoms with E-state index in [0.29, 0.717) is 11.6 Å². The van der Waals surface area contributed by atoms with Crippen molar-refractivity contribution in [2.45, 2.75) is 0 Å². The number of nitro benzene ring substituents is 1. The molecule has 3 rings (SSSR count). The van der Waals surface area contributed by atoms with Crippen molar-refractivity contribution in [1.82, 2.24) is 0 Å². The van der Waals surface area contributed by atoms with Gasteiger partial charge >= 0.3 is 11.7 Å². The van der Waals surface area contributed by atoms with Crippen LogP contribution in [0.4, 0.5) is 5.69 Å². The van der Waals surface area contributed by atoms with Crippen molar-refractivity contribution >= 4 is 29.1 Å². The topological polar surface area (TPSA) is 141 Å². The summed E-state index contributed by atoms with van der Waals surface area (Å²) in [5.74, 6) is -2.35. The smallest absolute Gasteiger partial charge is 0.336 e. The molecule has 2 aliphatic rings. The number of aliphatic carboxylic acids is 1. The standard InChI is InChI=1S/C14H6N2O7/c17-13-9-4-6-3-7(15(20)21)1-2-8(6)12(9)10(14(18)19)5-11(13)16(22)23/h1-5H,(H,18,19). The second-order valence-corrected chi connectivity index (χ2v) is 4.80. The molecule has 0 saturated heterocycles. The second kappa shape index (κ2) is 4.70. The van der Waals surface area contributed by atoms with Gasteiger partial charge in [-0.25, -0.2) is 4.79 Å². The average molecular weight is 314 g/mol. The Kier molecular flexibility index (Phi) is 2.93. The molecule has 1 aromatic carbocycles. The zero-order valence-corrected chi connectivity index (χ0v) is 11.2. The Bertz CT molecular complexity index is 921. The van der Waals surface area contributed by atoms with Crippen molar-refractivity contribution in [2.75, 3.05) is 0 Å². The van der Waals surface area contributed by atoms with Gasteiger partial charge < -0.3 is 5.11 Å². The van der Waals surface area contributed by atoms with Gasteiger partial charge in [-0.05, 0) is 23.3 Å². The van der Waals surface area contributed by atoms with E-state index in [2.05, 4.69) is 0 Å². The first-order valence-corrected chi connectivity index (χ1v) is 6.20. The molecule has 0 amide bonds. The number of carboxylic acids is 1. The lowest BCUT2D eigenvalue weighted by Gasteiger charge is -2.13. The number of non-ortho nitro benzene ring substituents is 1. The Labute approximate surface area is 127 Å². The van der Waals surface area contributed by atoms with E-state index in [0.717, 1.165) is 0 Å². The summed E-state index contributed by atoms with van der Waals surface area (Å²) >= 11 is 0. The first-order valence-electron chi connectivity index (χ1n) is 6.20. The number of rotatable bonds is 3. The van der Waals surface area contributed by atoms with Crippen molar-refractivity contribution < 1.29 is 24.5 Å². The molecule has 9 nitrogen and oxygen atoms in total. The summed E-state index contributed by atoms with van der Waals surface area (Å²) in [5, 5.41) is 31.0. The molecule has 0 radical (unpaired) electrons. The molecule has 0 aromatic heterocycles. The van der Waals surface area contributed by atoms with Crippen LogP contribution < -0.4 is 0 Å². The van der Waals surface area contributed by atoms with Crippen molar-refractivity contribution in [3.8, 4) is 0 Å². The van der Waals surface area contributed by atoms with Crippen LogP contribution in [0.2, 0.25) is 0 Å². The molecule has 1 N–H and O–H groups in total. The third-order valence-corrected chi connectivity index (χ3v) is 3.54. The van der Waals surface area contributed by atoms with Gasteiger partial charge in [0.15, 0.2) is 0 Å². The van der Waals surface area contributed by atoms with Gasteiger partial charge in [0.05, 0.1) is 15.4 Å². The fourth-order valence-corrected chi connectivity index (χ4v) is 2.57. The fraction of sp³-hybridized carbons (Fsp3) is 0. The maximum atomic E-state index is 12.2. The van der Waals surface area contributed by atoms with Crippen molar-refractivity contribution in [2.24, 2.45) is 0 Å². The van der Waals surface area contributed by atoms with Crippen molar-refractivity contribution in [3.63, 3.8) is 0 Å². The summed E-state index contributed by atoms with van der Waals surface area (Å²) in [4.78, 5) is 43.7. The molecular weight excluding hydrogens is 308 g/mol. The van der Waals surface area contributed by atoms with E-state index >= 15 is 0 Å². The maximum Gasteiger partial charge on any atom is 0.336 e. The molecule has 0 spiro atoms. The minimum Gasteiger partial charge on any atom is -0.478 e. The molecule has 114 valence electrons. The van der Waals surface area contributed by atoms with Gasteiger partial charge in [-0.2, -0.15) is 0 Å². The lowest BCUT2D eigenvalue weighted by molar-refractivity contribution is -0.418. The Morgan fingerprint density at radius 3 is 2.35 bits per heavy atom. The van der Waals surface area contributed by atoms with Crippen molar-refractivity contribution in [3.05, 3.63) is 72.5 Å². The predicted molar refractivity (Wildman–Crippen MR) is 75.7 cm³/mol. The largest absolute Gasteiger partial charge is 0.478 e. The highest BCUT2D eigenvalue weighted by Gasteiger charge is 2.39. The molecule has 1 aromatic rings. The van der Waals surface area contributed by atoms with E-state index in [-0.39, 0.29) is 22.4 Å². The molecular formula is C14H6N2O7. The summed E-state index contributed by atoms with van der Waals surface area (Å²) in [6, 6.07) is 3.69. The second-order valence-electron chi connectivity index (χ2n) is 4.80. The van der Waals surface area contributed by atoms with Gasteiger partial charge in [-0.1, -0.05) is 0 Å². The minimum atomic E-state index is -1.43. The Morgan fingerprint density at radius 2 is 1.78 bits per heavy atom. The van der Waals surface area contributed by atoms with Crippen LogP contribution in [0.3, 0.4) is 0 Å². The number of benzene rings is 1. The molecule has 0 unspecified atom stereocenters. The monoisotopic (exact) mass is 314 g/mol. The van der Waals surface area contributed by atoms with E-state index in [9.17, 15) is 34.9 Å². The number of fused-ring (bicyclic) bond motifs is 3. The third kappa shape index (κ3) is 2.02. The first-order chi connectivity index (χ1) is 10.8. The van der Waals surface area contributed by atoms with E-state index in [1.165, 1.54) is 24.3 Å². The molecule has 2 aliphatic carbocycles. The highest BCUT2D eigenvalue weighted by Crippen LogP contribution is 2.43. The third-order valence-electron chi connectivity index (χ3n) is 3.54. The summed E-state index contributed by atoms with van der Waals surface area (Å²) in [7, 11) is 0. The molecule has 0 atom stereocenters. The van der Waals surface area contributed by atoms with E-state index in [4.69, 9.17) is 0 Å². The molecule has 0 heterocycles. The quantitative estimate of drug-likeness (QED) is 0.659. The van der Waals surface area contributed by atoms with Gasteiger partial charge in [0, 0.05) is 29.4 Å². The van der Waals surface area contributed by atoms with Gasteiger partial charge in [-0.15, -0.1) is 0 Å². The molecule has 9 heteroatoms. The van der Waals surface area contributed by atoms with Crippen LogP contribution in [-0.4, -0.2) is 26.7 Å². The molecule has 0 bridgehead atoms. The van der Waals surface area contributed by atoms with Crippen LogP contribution in [0.5, 0.6) is 0 Å².